The van der Waals surface area contributed by atoms with Gasteiger partial charge in [0.15, 0.2) is 0 Å². The second kappa shape index (κ2) is 10.2. The van der Waals surface area contributed by atoms with Gasteiger partial charge in [-0.05, 0) is 12.0 Å². The van der Waals surface area contributed by atoms with Crippen LogP contribution >= 0.6 is 0 Å². The maximum absolute atomic E-state index is 13.3. The molecule has 0 saturated carbocycles. The molecule has 6 heteroatoms. The number of carbonyl (C=O) groups is 2. The Morgan fingerprint density at radius 2 is 1.33 bits per heavy atom. The quantitative estimate of drug-likeness (QED) is 0.439. The Bertz CT molecular complexity index is 607. The molecule has 0 saturated heterocycles. The Labute approximate surface area is 167 Å². The molecular formula is C21H38N2O2Si2. The molecule has 0 bridgehead atoms. The maximum atomic E-state index is 13.3. The van der Waals surface area contributed by atoms with Crippen LogP contribution in [-0.4, -0.2) is 34.5 Å². The first-order valence-corrected chi connectivity index (χ1v) is 17.2. The van der Waals surface area contributed by atoms with Crippen molar-refractivity contribution in [3.8, 4) is 0 Å². The van der Waals surface area contributed by atoms with Crippen LogP contribution in [0.15, 0.2) is 30.3 Å². The maximum Gasteiger partial charge on any atom is 0.221 e. The number of hydrogen-bond donors (Lipinski definition) is 2. The van der Waals surface area contributed by atoms with E-state index in [0.717, 1.165) is 18.4 Å². The second-order valence-electron chi connectivity index (χ2n) is 9.54. The van der Waals surface area contributed by atoms with E-state index in [-0.39, 0.29) is 22.9 Å². The lowest BCUT2D eigenvalue weighted by atomic mass is 10.2. The molecule has 1 rings (SSSR count). The van der Waals surface area contributed by atoms with E-state index >= 15 is 0 Å². The fourth-order valence-electron chi connectivity index (χ4n) is 3.48. The third-order valence-electron chi connectivity index (χ3n) is 4.90. The molecule has 2 amide bonds. The molecule has 0 aliphatic heterocycles. The number of carbonyl (C=O) groups excluding carboxylic acids is 2. The average molecular weight is 407 g/mol. The van der Waals surface area contributed by atoms with Gasteiger partial charge >= 0.3 is 0 Å². The topological polar surface area (TPSA) is 58.2 Å². The summed E-state index contributed by atoms with van der Waals surface area (Å²) in [5, 5.41) is 6.23. The van der Waals surface area contributed by atoms with Gasteiger partial charge < -0.3 is 10.6 Å². The highest BCUT2D eigenvalue weighted by atomic mass is 28.3. The van der Waals surface area contributed by atoms with Crippen molar-refractivity contribution in [2.75, 3.05) is 6.54 Å². The van der Waals surface area contributed by atoms with E-state index in [0.29, 0.717) is 13.1 Å². The van der Waals surface area contributed by atoms with Crippen molar-refractivity contribution < 1.29 is 9.59 Å². The zero-order valence-electron chi connectivity index (χ0n) is 18.2. The Morgan fingerprint density at radius 1 is 0.852 bits per heavy atom. The van der Waals surface area contributed by atoms with Crippen molar-refractivity contribution in [2.45, 2.75) is 76.7 Å². The summed E-state index contributed by atoms with van der Waals surface area (Å²) in [4.78, 5) is 26.3. The van der Waals surface area contributed by atoms with Crippen LogP contribution in [0.4, 0.5) is 0 Å². The van der Waals surface area contributed by atoms with Crippen LogP contribution in [0.1, 0.15) is 25.3 Å². The molecule has 27 heavy (non-hydrogen) atoms. The Kier molecular flexibility index (Phi) is 8.95. The van der Waals surface area contributed by atoms with Gasteiger partial charge in [0.1, 0.15) is 0 Å². The highest BCUT2D eigenvalue weighted by Gasteiger charge is 2.48. The predicted octanol–water partition coefficient (Wildman–Crippen LogP) is 4.64. The van der Waals surface area contributed by atoms with Crippen LogP contribution in [0.2, 0.25) is 50.4 Å². The largest absolute Gasteiger partial charge is 0.356 e. The molecule has 0 fully saturated rings. The normalized spacial score (nSPS) is 14.3. The van der Waals surface area contributed by atoms with E-state index in [4.69, 9.17) is 0 Å². The average Bonchev–Trinajstić information content (AvgIpc) is 2.56. The van der Waals surface area contributed by atoms with Crippen molar-refractivity contribution in [1.82, 2.24) is 10.6 Å². The molecule has 0 heterocycles. The van der Waals surface area contributed by atoms with E-state index in [9.17, 15) is 9.59 Å². The van der Waals surface area contributed by atoms with Crippen molar-refractivity contribution >= 4 is 28.0 Å². The minimum atomic E-state index is -1.91. The molecule has 2 atom stereocenters. The van der Waals surface area contributed by atoms with Crippen molar-refractivity contribution in [1.29, 1.82) is 0 Å². The van der Waals surface area contributed by atoms with Crippen molar-refractivity contribution in [3.63, 3.8) is 0 Å². The van der Waals surface area contributed by atoms with E-state index in [2.05, 4.69) is 56.8 Å². The number of benzene rings is 1. The van der Waals surface area contributed by atoms with E-state index in [1.807, 2.05) is 30.3 Å². The highest BCUT2D eigenvalue weighted by molar-refractivity contribution is 6.87. The van der Waals surface area contributed by atoms with Crippen LogP contribution < -0.4 is 10.6 Å². The lowest BCUT2D eigenvalue weighted by molar-refractivity contribution is -0.126. The van der Waals surface area contributed by atoms with Crippen molar-refractivity contribution in [3.05, 3.63) is 35.9 Å². The summed E-state index contributed by atoms with van der Waals surface area (Å²) in [6.07, 6.45) is 2.02. The molecule has 2 unspecified atom stereocenters. The van der Waals surface area contributed by atoms with Gasteiger partial charge in [0, 0.05) is 24.2 Å². The first kappa shape index (κ1) is 23.6. The molecule has 4 nitrogen and oxygen atoms in total. The smallest absolute Gasteiger partial charge is 0.221 e. The number of rotatable bonds is 10. The van der Waals surface area contributed by atoms with Gasteiger partial charge in [0.2, 0.25) is 11.8 Å². The van der Waals surface area contributed by atoms with Gasteiger partial charge in [0.05, 0.1) is 16.1 Å². The Hall–Kier alpha value is -1.41. The summed E-state index contributed by atoms with van der Waals surface area (Å²) in [6, 6.07) is 9.94. The first-order valence-electron chi connectivity index (χ1n) is 10.1. The zero-order chi connectivity index (χ0) is 20.7. The first-order chi connectivity index (χ1) is 12.5. The minimum Gasteiger partial charge on any atom is -0.356 e. The van der Waals surface area contributed by atoms with E-state index < -0.39 is 16.1 Å². The third-order valence-corrected chi connectivity index (χ3v) is 10.2. The summed E-state index contributed by atoms with van der Waals surface area (Å²) in [7, 11) is -3.80. The molecule has 0 aliphatic carbocycles. The molecular weight excluding hydrogens is 368 g/mol. The van der Waals surface area contributed by atoms with E-state index in [1.165, 1.54) is 0 Å². The van der Waals surface area contributed by atoms with Gasteiger partial charge in [0.25, 0.3) is 0 Å². The molecule has 0 radical (unpaired) electrons. The van der Waals surface area contributed by atoms with Gasteiger partial charge in [-0.15, -0.1) is 0 Å². The number of nitrogens with one attached hydrogen (secondary N) is 2. The zero-order valence-corrected chi connectivity index (χ0v) is 20.2. The summed E-state index contributed by atoms with van der Waals surface area (Å²) in [5.74, 6) is 0.112. The van der Waals surface area contributed by atoms with Gasteiger partial charge in [-0.2, -0.15) is 0 Å². The molecule has 152 valence electrons. The molecule has 1 aromatic carbocycles. The summed E-state index contributed by atoms with van der Waals surface area (Å²) in [5.41, 5.74) is 0.670. The standard InChI is InChI=1S/C21H38N2O2Si2/c1-8-9-15-22-20(24)18(26(2,3)4)19(27(5,6)7)21(25)23-16-17-13-11-10-12-14-17/h10-14,18-19H,8-9,15-16H2,1-7H3,(H,22,24)(H,23,25). The van der Waals surface area contributed by atoms with Gasteiger partial charge in [-0.25, -0.2) is 0 Å². The second-order valence-corrected chi connectivity index (χ2v) is 20.2. The number of unbranched alkanes of at least 4 members (excludes halogenated alkanes) is 1. The van der Waals surface area contributed by atoms with Gasteiger partial charge in [-0.1, -0.05) is 83.0 Å². The molecule has 2 N–H and O–H groups in total. The fraction of sp³-hybridized carbons (Fsp3) is 0.619. The van der Waals surface area contributed by atoms with Crippen molar-refractivity contribution in [2.24, 2.45) is 0 Å². The number of amides is 2. The lowest BCUT2D eigenvalue weighted by Crippen LogP contribution is -2.52. The predicted molar refractivity (Wildman–Crippen MR) is 120 cm³/mol. The SMILES string of the molecule is CCCCNC(=O)C(C(C(=O)NCc1ccccc1)[Si](C)(C)C)[Si](C)(C)C. The van der Waals surface area contributed by atoms with Crippen LogP contribution in [0.25, 0.3) is 0 Å². The van der Waals surface area contributed by atoms with E-state index in [1.54, 1.807) is 0 Å². The van der Waals surface area contributed by atoms with Crippen LogP contribution in [0.3, 0.4) is 0 Å². The third kappa shape index (κ3) is 7.62. The summed E-state index contributed by atoms with van der Waals surface area (Å²) >= 11 is 0. The highest BCUT2D eigenvalue weighted by Crippen LogP contribution is 2.41. The summed E-state index contributed by atoms with van der Waals surface area (Å²) in [6.45, 7) is 16.5. The molecule has 0 aliphatic rings. The number of hydrogen-bond acceptors (Lipinski definition) is 2. The molecule has 1 aromatic rings. The Balaban J connectivity index is 3.04. The van der Waals surface area contributed by atoms with Gasteiger partial charge in [-0.3, -0.25) is 9.59 Å². The lowest BCUT2D eigenvalue weighted by Gasteiger charge is -2.40. The monoisotopic (exact) mass is 406 g/mol. The van der Waals surface area contributed by atoms with Crippen LogP contribution in [0, 0.1) is 0 Å². The van der Waals surface area contributed by atoms with Crippen LogP contribution in [-0.2, 0) is 16.1 Å². The molecule has 0 spiro atoms. The van der Waals surface area contributed by atoms with Crippen LogP contribution in [0.5, 0.6) is 0 Å². The Morgan fingerprint density at radius 3 is 1.78 bits per heavy atom. The fourth-order valence-corrected chi connectivity index (χ4v) is 10.6. The summed E-state index contributed by atoms with van der Waals surface area (Å²) < 4.78 is 0. The minimum absolute atomic E-state index is 0.0380. The molecule has 0 aromatic heterocycles.